The Balaban J connectivity index is 1.15. The number of nitrogens with one attached hydrogen (secondary N) is 2. The molecule has 0 saturated carbocycles. The third-order valence-corrected chi connectivity index (χ3v) is 6.49. The molecule has 1 aliphatic rings. The number of ether oxygens (including phenoxy) is 1. The Morgan fingerprint density at radius 1 is 1.03 bits per heavy atom. The highest BCUT2D eigenvalue weighted by Crippen LogP contribution is 2.32. The predicted molar refractivity (Wildman–Crippen MR) is 125 cm³/mol. The quantitative estimate of drug-likeness (QED) is 0.538. The highest BCUT2D eigenvalue weighted by molar-refractivity contribution is 7.99. The summed E-state index contributed by atoms with van der Waals surface area (Å²) >= 11 is 1.74. The van der Waals surface area contributed by atoms with Crippen molar-refractivity contribution in [1.82, 2.24) is 15.6 Å². The van der Waals surface area contributed by atoms with E-state index in [1.54, 1.807) is 18.0 Å². The summed E-state index contributed by atoms with van der Waals surface area (Å²) in [6.07, 6.45) is 5.29. The fourth-order valence-electron chi connectivity index (χ4n) is 3.48. The normalized spacial score (nSPS) is 17.9. The van der Waals surface area contributed by atoms with E-state index in [2.05, 4.69) is 39.9 Å². The van der Waals surface area contributed by atoms with Crippen LogP contribution in [0.2, 0.25) is 0 Å². The van der Waals surface area contributed by atoms with E-state index in [1.807, 2.05) is 48.7 Å². The molecular formula is C25H27N3O2S. The molecule has 2 N–H and O–H groups in total. The van der Waals surface area contributed by atoms with Crippen LogP contribution in [0.5, 0.6) is 5.75 Å². The predicted octanol–water partition coefficient (Wildman–Crippen LogP) is 3.77. The number of amides is 1. The fraction of sp³-hybridized carbons (Fsp3) is 0.280. The molecule has 160 valence electrons. The number of benzene rings is 2. The van der Waals surface area contributed by atoms with Gasteiger partial charge in [0.2, 0.25) is 5.91 Å². The molecule has 2 aromatic carbocycles. The van der Waals surface area contributed by atoms with E-state index < -0.39 is 0 Å². The molecule has 0 spiro atoms. The summed E-state index contributed by atoms with van der Waals surface area (Å²) in [4.78, 5) is 16.6. The van der Waals surface area contributed by atoms with Gasteiger partial charge in [0.05, 0.1) is 18.0 Å². The van der Waals surface area contributed by atoms with Crippen LogP contribution in [-0.2, 0) is 17.6 Å². The van der Waals surface area contributed by atoms with Gasteiger partial charge in [0.15, 0.2) is 0 Å². The number of hydrogen-bond acceptors (Lipinski definition) is 5. The smallest absolute Gasteiger partial charge is 0.238 e. The molecule has 2 atom stereocenters. The monoisotopic (exact) mass is 433 g/mol. The van der Waals surface area contributed by atoms with Crippen LogP contribution in [0.1, 0.15) is 22.1 Å². The molecule has 1 saturated heterocycles. The second kappa shape index (κ2) is 11.0. The van der Waals surface area contributed by atoms with Gasteiger partial charge in [-0.3, -0.25) is 15.1 Å². The van der Waals surface area contributed by atoms with Crippen LogP contribution >= 0.6 is 11.8 Å². The molecule has 6 heteroatoms. The lowest BCUT2D eigenvalue weighted by molar-refractivity contribution is -0.122. The molecule has 31 heavy (non-hydrogen) atoms. The second-order valence-electron chi connectivity index (χ2n) is 7.49. The number of thioether (sulfide) groups is 1. The molecule has 0 bridgehead atoms. The van der Waals surface area contributed by atoms with Crippen LogP contribution in [0.4, 0.5) is 0 Å². The van der Waals surface area contributed by atoms with Crippen LogP contribution in [0.25, 0.3) is 0 Å². The van der Waals surface area contributed by atoms with Gasteiger partial charge in [-0.15, -0.1) is 11.8 Å². The zero-order valence-corrected chi connectivity index (χ0v) is 18.2. The largest absolute Gasteiger partial charge is 0.493 e. The molecule has 3 aromatic rings. The van der Waals surface area contributed by atoms with Gasteiger partial charge in [0, 0.05) is 31.1 Å². The zero-order chi connectivity index (χ0) is 21.3. The minimum atomic E-state index is -0.171. The summed E-state index contributed by atoms with van der Waals surface area (Å²) in [5.74, 6) is 1.69. The summed E-state index contributed by atoms with van der Waals surface area (Å²) in [7, 11) is 0. The van der Waals surface area contributed by atoms with Gasteiger partial charge in [0.1, 0.15) is 5.75 Å². The van der Waals surface area contributed by atoms with Crippen molar-refractivity contribution in [1.29, 1.82) is 0 Å². The van der Waals surface area contributed by atoms with E-state index in [9.17, 15) is 4.79 Å². The van der Waals surface area contributed by atoms with E-state index in [1.165, 1.54) is 11.1 Å². The highest BCUT2D eigenvalue weighted by Gasteiger charge is 2.30. The van der Waals surface area contributed by atoms with Gasteiger partial charge in [-0.05, 0) is 41.3 Å². The number of nitrogens with zero attached hydrogens (tertiary/aromatic N) is 1. The first-order valence-corrected chi connectivity index (χ1v) is 11.6. The number of aromatic nitrogens is 1. The van der Waals surface area contributed by atoms with Crippen LogP contribution in [0, 0.1) is 0 Å². The summed E-state index contributed by atoms with van der Waals surface area (Å²) in [6.45, 7) is 1.28. The Labute approximate surface area is 187 Å². The Hall–Kier alpha value is -2.83. The summed E-state index contributed by atoms with van der Waals surface area (Å²) in [6, 6.07) is 22.2. The van der Waals surface area contributed by atoms with Crippen molar-refractivity contribution in [3.05, 3.63) is 95.8 Å². The second-order valence-corrected chi connectivity index (χ2v) is 8.63. The molecular weight excluding hydrogens is 406 g/mol. The Morgan fingerprint density at radius 2 is 1.84 bits per heavy atom. The summed E-state index contributed by atoms with van der Waals surface area (Å²) in [5.41, 5.74) is 3.56. The SMILES string of the molecule is O=C(NCCc1ccc(OCCc2ccccc2)cc1)C1CSC(c2cccnc2)N1. The maximum Gasteiger partial charge on any atom is 0.238 e. The lowest BCUT2D eigenvalue weighted by Gasteiger charge is -2.13. The number of carbonyl (C=O) groups excluding carboxylic acids is 1. The molecule has 1 amide bonds. The Morgan fingerprint density at radius 3 is 2.61 bits per heavy atom. The Kier molecular flexibility index (Phi) is 7.58. The minimum Gasteiger partial charge on any atom is -0.493 e. The van der Waals surface area contributed by atoms with Gasteiger partial charge in [-0.1, -0.05) is 48.5 Å². The molecule has 1 aromatic heterocycles. The van der Waals surface area contributed by atoms with Crippen molar-refractivity contribution in [2.45, 2.75) is 24.3 Å². The van der Waals surface area contributed by atoms with Gasteiger partial charge in [-0.2, -0.15) is 0 Å². The number of pyridine rings is 1. The van der Waals surface area contributed by atoms with Crippen LogP contribution in [0.3, 0.4) is 0 Å². The molecule has 2 unspecified atom stereocenters. The Bertz CT molecular complexity index is 952. The maximum absolute atomic E-state index is 12.5. The molecule has 2 heterocycles. The summed E-state index contributed by atoms with van der Waals surface area (Å²) < 4.78 is 5.84. The first-order chi connectivity index (χ1) is 15.3. The molecule has 0 radical (unpaired) electrons. The van der Waals surface area contributed by atoms with E-state index in [0.29, 0.717) is 13.2 Å². The van der Waals surface area contributed by atoms with Crippen molar-refractivity contribution in [2.75, 3.05) is 18.9 Å². The molecule has 0 aliphatic carbocycles. The van der Waals surface area contributed by atoms with Gasteiger partial charge in [0.25, 0.3) is 0 Å². The number of rotatable bonds is 9. The maximum atomic E-state index is 12.5. The van der Waals surface area contributed by atoms with E-state index in [-0.39, 0.29) is 17.3 Å². The minimum absolute atomic E-state index is 0.0553. The lowest BCUT2D eigenvalue weighted by Crippen LogP contribution is -2.43. The fourth-order valence-corrected chi connectivity index (χ4v) is 4.71. The van der Waals surface area contributed by atoms with Crippen molar-refractivity contribution in [2.24, 2.45) is 0 Å². The zero-order valence-electron chi connectivity index (χ0n) is 17.4. The number of hydrogen-bond donors (Lipinski definition) is 2. The topological polar surface area (TPSA) is 63.2 Å². The van der Waals surface area contributed by atoms with E-state index in [4.69, 9.17) is 4.74 Å². The number of carbonyl (C=O) groups is 1. The van der Waals surface area contributed by atoms with E-state index >= 15 is 0 Å². The van der Waals surface area contributed by atoms with Gasteiger partial charge >= 0.3 is 0 Å². The van der Waals surface area contributed by atoms with Crippen molar-refractivity contribution in [3.8, 4) is 5.75 Å². The first kappa shape index (κ1) is 21.4. The average Bonchev–Trinajstić information content (AvgIpc) is 3.32. The first-order valence-electron chi connectivity index (χ1n) is 10.6. The third-order valence-electron chi connectivity index (χ3n) is 5.22. The van der Waals surface area contributed by atoms with Crippen molar-refractivity contribution < 1.29 is 9.53 Å². The molecule has 1 fully saturated rings. The average molecular weight is 434 g/mol. The summed E-state index contributed by atoms with van der Waals surface area (Å²) in [5, 5.41) is 6.56. The molecule has 5 nitrogen and oxygen atoms in total. The van der Waals surface area contributed by atoms with Crippen LogP contribution in [0.15, 0.2) is 79.1 Å². The van der Waals surface area contributed by atoms with Crippen molar-refractivity contribution >= 4 is 17.7 Å². The van der Waals surface area contributed by atoms with Crippen LogP contribution in [-0.4, -0.2) is 35.8 Å². The van der Waals surface area contributed by atoms with Crippen molar-refractivity contribution in [3.63, 3.8) is 0 Å². The third kappa shape index (κ3) is 6.32. The van der Waals surface area contributed by atoms with Gasteiger partial charge in [-0.25, -0.2) is 0 Å². The van der Waals surface area contributed by atoms with Crippen LogP contribution < -0.4 is 15.4 Å². The lowest BCUT2D eigenvalue weighted by atomic mass is 10.1. The standard InChI is InChI=1S/C25H27N3O2S/c29-24(23-18-31-25(28-23)21-7-4-14-26-17-21)27-15-12-20-8-10-22(11-9-20)30-16-13-19-5-2-1-3-6-19/h1-11,14,17,23,25,28H,12-13,15-16,18H2,(H,27,29). The van der Waals surface area contributed by atoms with E-state index in [0.717, 1.165) is 29.9 Å². The highest BCUT2D eigenvalue weighted by atomic mass is 32.2. The molecule has 1 aliphatic heterocycles. The molecule has 4 rings (SSSR count). The van der Waals surface area contributed by atoms with Gasteiger partial charge < -0.3 is 10.1 Å².